The van der Waals surface area contributed by atoms with E-state index in [1.807, 2.05) is 18.2 Å². The Hall–Kier alpha value is -2.08. The van der Waals surface area contributed by atoms with E-state index in [1.165, 1.54) is 6.33 Å². The van der Waals surface area contributed by atoms with Gasteiger partial charge >= 0.3 is 0 Å². The molecule has 0 aliphatic carbocycles. The highest BCUT2D eigenvalue weighted by Crippen LogP contribution is 2.30. The van der Waals surface area contributed by atoms with E-state index in [2.05, 4.69) is 20.5 Å². The molecule has 94 valence electrons. The van der Waals surface area contributed by atoms with Gasteiger partial charge in [-0.15, -0.1) is 0 Å². The molecule has 2 heterocycles. The van der Waals surface area contributed by atoms with E-state index in [-0.39, 0.29) is 0 Å². The van der Waals surface area contributed by atoms with Crippen LogP contribution >= 0.6 is 0 Å². The zero-order valence-electron chi connectivity index (χ0n) is 9.85. The lowest BCUT2D eigenvalue weighted by Crippen LogP contribution is -2.17. The van der Waals surface area contributed by atoms with Crippen molar-refractivity contribution in [1.29, 1.82) is 0 Å². The summed E-state index contributed by atoms with van der Waals surface area (Å²) in [7, 11) is 0. The van der Waals surface area contributed by atoms with Crippen LogP contribution in [0.1, 0.15) is 11.4 Å². The summed E-state index contributed by atoms with van der Waals surface area (Å²) in [5.74, 6) is 2.47. The minimum Gasteiger partial charge on any atom is -0.486 e. The molecule has 0 amide bonds. The summed E-state index contributed by atoms with van der Waals surface area (Å²) in [5.41, 5.74) is 1.15. The third-order valence-corrected chi connectivity index (χ3v) is 2.69. The number of H-pyrrole nitrogens is 1. The van der Waals surface area contributed by atoms with E-state index in [0.29, 0.717) is 19.8 Å². The first-order chi connectivity index (χ1) is 8.92. The number of rotatable bonds is 4. The standard InChI is InChI=1S/C12H14N4O2/c1-2-10-11(18-4-3-17-10)5-9(1)6-13-7-12-14-8-15-16-12/h1-2,5,8,13H,3-4,6-7H2,(H,14,15,16). The number of hydrogen-bond donors (Lipinski definition) is 2. The lowest BCUT2D eigenvalue weighted by Gasteiger charge is -2.18. The van der Waals surface area contributed by atoms with Crippen molar-refractivity contribution in [3.63, 3.8) is 0 Å². The molecule has 0 saturated heterocycles. The highest BCUT2D eigenvalue weighted by atomic mass is 16.6. The fourth-order valence-electron chi connectivity index (χ4n) is 1.84. The average Bonchev–Trinajstić information content (AvgIpc) is 2.92. The van der Waals surface area contributed by atoms with Gasteiger partial charge in [0, 0.05) is 6.54 Å². The van der Waals surface area contributed by atoms with E-state index in [0.717, 1.165) is 29.4 Å². The van der Waals surface area contributed by atoms with Crippen molar-refractivity contribution in [3.8, 4) is 11.5 Å². The zero-order valence-corrected chi connectivity index (χ0v) is 9.85. The van der Waals surface area contributed by atoms with E-state index in [9.17, 15) is 0 Å². The Labute approximate surface area is 104 Å². The predicted octanol–water partition coefficient (Wildman–Crippen LogP) is 0.866. The van der Waals surface area contributed by atoms with Gasteiger partial charge in [-0.2, -0.15) is 5.10 Å². The fourth-order valence-corrected chi connectivity index (χ4v) is 1.84. The number of nitrogens with one attached hydrogen (secondary N) is 2. The molecular weight excluding hydrogens is 232 g/mol. The van der Waals surface area contributed by atoms with E-state index >= 15 is 0 Å². The van der Waals surface area contributed by atoms with Crippen molar-refractivity contribution < 1.29 is 9.47 Å². The molecular formula is C12H14N4O2. The summed E-state index contributed by atoms with van der Waals surface area (Å²) < 4.78 is 11.0. The largest absolute Gasteiger partial charge is 0.486 e. The second kappa shape index (κ2) is 5.05. The monoisotopic (exact) mass is 246 g/mol. The smallest absolute Gasteiger partial charge is 0.161 e. The highest BCUT2D eigenvalue weighted by molar-refractivity contribution is 5.43. The Morgan fingerprint density at radius 1 is 1.17 bits per heavy atom. The summed E-state index contributed by atoms with van der Waals surface area (Å²) in [4.78, 5) is 4.04. The highest BCUT2D eigenvalue weighted by Gasteiger charge is 2.11. The fraction of sp³-hybridized carbons (Fsp3) is 0.333. The minimum absolute atomic E-state index is 0.613. The summed E-state index contributed by atoms with van der Waals surface area (Å²) >= 11 is 0. The first-order valence-corrected chi connectivity index (χ1v) is 5.85. The summed E-state index contributed by atoms with van der Waals surface area (Å²) in [6, 6.07) is 5.97. The summed E-state index contributed by atoms with van der Waals surface area (Å²) in [6.07, 6.45) is 1.50. The predicted molar refractivity (Wildman–Crippen MR) is 64.4 cm³/mol. The van der Waals surface area contributed by atoms with Crippen LogP contribution in [0.5, 0.6) is 11.5 Å². The Kier molecular flexibility index (Phi) is 3.10. The SMILES string of the molecule is c1n[nH]c(CNCc2ccc3c(c2)OCCO3)n1. The van der Waals surface area contributed by atoms with Gasteiger partial charge in [0.25, 0.3) is 0 Å². The lowest BCUT2D eigenvalue weighted by atomic mass is 10.2. The molecule has 18 heavy (non-hydrogen) atoms. The van der Waals surface area contributed by atoms with Crippen molar-refractivity contribution >= 4 is 0 Å². The van der Waals surface area contributed by atoms with Crippen molar-refractivity contribution in [2.75, 3.05) is 13.2 Å². The maximum Gasteiger partial charge on any atom is 0.161 e. The molecule has 2 N–H and O–H groups in total. The molecule has 6 heteroatoms. The van der Waals surface area contributed by atoms with Crippen LogP contribution in [-0.2, 0) is 13.1 Å². The number of fused-ring (bicyclic) bond motifs is 1. The van der Waals surface area contributed by atoms with Crippen molar-refractivity contribution in [2.24, 2.45) is 0 Å². The number of ether oxygens (including phenoxy) is 2. The van der Waals surface area contributed by atoms with Crippen molar-refractivity contribution in [1.82, 2.24) is 20.5 Å². The number of benzene rings is 1. The second-order valence-electron chi connectivity index (χ2n) is 4.01. The molecule has 3 rings (SSSR count). The number of aromatic nitrogens is 3. The number of aromatic amines is 1. The van der Waals surface area contributed by atoms with Crippen LogP contribution in [0.3, 0.4) is 0 Å². The third-order valence-electron chi connectivity index (χ3n) is 2.69. The van der Waals surface area contributed by atoms with Gasteiger partial charge in [0.1, 0.15) is 25.4 Å². The molecule has 0 atom stereocenters. The average molecular weight is 246 g/mol. The molecule has 1 aliphatic heterocycles. The van der Waals surface area contributed by atoms with Crippen LogP contribution in [0.4, 0.5) is 0 Å². The third kappa shape index (κ3) is 2.43. The van der Waals surface area contributed by atoms with E-state index < -0.39 is 0 Å². The van der Waals surface area contributed by atoms with Crippen molar-refractivity contribution in [3.05, 3.63) is 35.9 Å². The van der Waals surface area contributed by atoms with E-state index in [1.54, 1.807) is 0 Å². The molecule has 1 aromatic carbocycles. The zero-order chi connectivity index (χ0) is 12.2. The Bertz CT molecular complexity index is 513. The van der Waals surface area contributed by atoms with Crippen LogP contribution in [0, 0.1) is 0 Å². The van der Waals surface area contributed by atoms with Crippen molar-refractivity contribution in [2.45, 2.75) is 13.1 Å². The molecule has 6 nitrogen and oxygen atoms in total. The molecule has 1 aliphatic rings. The number of nitrogens with zero attached hydrogens (tertiary/aromatic N) is 2. The number of hydrogen-bond acceptors (Lipinski definition) is 5. The van der Waals surface area contributed by atoms with Crippen LogP contribution in [0.2, 0.25) is 0 Å². The quantitative estimate of drug-likeness (QED) is 0.837. The molecule has 0 bridgehead atoms. The molecule has 2 aromatic rings. The van der Waals surface area contributed by atoms with Gasteiger partial charge in [0.05, 0.1) is 6.54 Å². The Balaban J connectivity index is 1.59. The van der Waals surface area contributed by atoms with Crippen LogP contribution in [-0.4, -0.2) is 28.4 Å². The lowest BCUT2D eigenvalue weighted by molar-refractivity contribution is 0.171. The minimum atomic E-state index is 0.613. The molecule has 0 fully saturated rings. The topological polar surface area (TPSA) is 72.1 Å². The Morgan fingerprint density at radius 3 is 2.89 bits per heavy atom. The molecule has 0 radical (unpaired) electrons. The van der Waals surface area contributed by atoms with Gasteiger partial charge in [-0.3, -0.25) is 5.10 Å². The van der Waals surface area contributed by atoms with Gasteiger partial charge < -0.3 is 14.8 Å². The Morgan fingerprint density at radius 2 is 2.06 bits per heavy atom. The van der Waals surface area contributed by atoms with Crippen LogP contribution < -0.4 is 14.8 Å². The van der Waals surface area contributed by atoms with Gasteiger partial charge in [0.2, 0.25) is 0 Å². The van der Waals surface area contributed by atoms with Gasteiger partial charge in [-0.05, 0) is 17.7 Å². The molecule has 0 saturated carbocycles. The maximum atomic E-state index is 5.54. The molecule has 0 spiro atoms. The van der Waals surface area contributed by atoms with Gasteiger partial charge in [-0.1, -0.05) is 6.07 Å². The van der Waals surface area contributed by atoms with Crippen LogP contribution in [0.25, 0.3) is 0 Å². The molecule has 0 unspecified atom stereocenters. The normalized spacial score (nSPS) is 13.6. The first-order valence-electron chi connectivity index (χ1n) is 5.85. The summed E-state index contributed by atoms with van der Waals surface area (Å²) in [5, 5.41) is 9.88. The second-order valence-corrected chi connectivity index (χ2v) is 4.01. The first kappa shape index (κ1) is 11.0. The molecule has 1 aromatic heterocycles. The van der Waals surface area contributed by atoms with E-state index in [4.69, 9.17) is 9.47 Å². The summed E-state index contributed by atoms with van der Waals surface area (Å²) in [6.45, 7) is 2.64. The van der Waals surface area contributed by atoms with Crippen LogP contribution in [0.15, 0.2) is 24.5 Å². The maximum absolute atomic E-state index is 5.54. The van der Waals surface area contributed by atoms with Gasteiger partial charge in [0.15, 0.2) is 11.5 Å². The van der Waals surface area contributed by atoms with Gasteiger partial charge in [-0.25, -0.2) is 4.98 Å².